The van der Waals surface area contributed by atoms with Crippen LogP contribution in [0.5, 0.6) is 0 Å². The van der Waals surface area contributed by atoms with Crippen molar-refractivity contribution in [2.24, 2.45) is 0 Å². The van der Waals surface area contributed by atoms with Gasteiger partial charge in [-0.25, -0.2) is 0 Å². The van der Waals surface area contributed by atoms with Gasteiger partial charge in [-0.15, -0.1) is 0 Å². The maximum absolute atomic E-state index is 12.5. The Morgan fingerprint density at radius 2 is 2.00 bits per heavy atom. The lowest BCUT2D eigenvalue weighted by Crippen LogP contribution is -2.05. The van der Waals surface area contributed by atoms with Crippen molar-refractivity contribution in [3.63, 3.8) is 0 Å². The minimum absolute atomic E-state index is 0.0797. The fourth-order valence-electron chi connectivity index (χ4n) is 1.28. The molecular weight excluding hydrogens is 255 g/mol. The van der Waals surface area contributed by atoms with E-state index in [0.717, 1.165) is 12.1 Å². The van der Waals surface area contributed by atoms with Gasteiger partial charge in [0.05, 0.1) is 5.56 Å². The first-order valence-corrected chi connectivity index (χ1v) is 5.66. The minimum Gasteiger partial charge on any atom is -0.346 e. The summed E-state index contributed by atoms with van der Waals surface area (Å²) in [6.45, 7) is 0. The van der Waals surface area contributed by atoms with Gasteiger partial charge >= 0.3 is 6.18 Å². The topological polar surface area (TPSA) is 15.8 Å². The molecule has 0 saturated heterocycles. The summed E-state index contributed by atoms with van der Waals surface area (Å²) < 4.78 is 37.7. The summed E-state index contributed by atoms with van der Waals surface area (Å²) in [5, 5.41) is 3.56. The van der Waals surface area contributed by atoms with Gasteiger partial charge in [0, 0.05) is 16.6 Å². The van der Waals surface area contributed by atoms with Crippen molar-refractivity contribution in [2.75, 3.05) is 0 Å². The molecule has 0 saturated carbocycles. The normalized spacial score (nSPS) is 11.7. The Labute approximate surface area is 98.6 Å². The second kappa shape index (κ2) is 4.03. The molecule has 2 rings (SSSR count). The van der Waals surface area contributed by atoms with Crippen LogP contribution in [-0.4, -0.2) is 4.98 Å². The molecule has 0 aromatic carbocycles. The van der Waals surface area contributed by atoms with Crippen molar-refractivity contribution >= 4 is 23.6 Å². The number of alkyl halides is 3. The van der Waals surface area contributed by atoms with Gasteiger partial charge in [0.15, 0.2) is 0 Å². The number of rotatable bonds is 1. The van der Waals surface area contributed by atoms with E-state index in [9.17, 15) is 13.2 Å². The number of hydrogen-bond donors (Lipinski definition) is 1. The molecule has 0 unspecified atom stereocenters. The van der Waals surface area contributed by atoms with Crippen molar-refractivity contribution in [3.8, 4) is 11.3 Å². The molecule has 1 N–H and O–H groups in total. The van der Waals surface area contributed by atoms with Crippen LogP contribution in [0, 0.1) is 4.64 Å². The average Bonchev–Trinajstić information content (AvgIpc) is 2.68. The first-order valence-electron chi connectivity index (χ1n) is 4.31. The predicted molar refractivity (Wildman–Crippen MR) is 59.9 cm³/mol. The summed E-state index contributed by atoms with van der Waals surface area (Å²) in [4.78, 5) is 2.74. The molecule has 6 heteroatoms. The number of hydrogen-bond acceptors (Lipinski definition) is 2. The molecule has 0 fully saturated rings. The molecule has 16 heavy (non-hydrogen) atoms. The summed E-state index contributed by atoms with van der Waals surface area (Å²) in [6.07, 6.45) is -4.37. The van der Waals surface area contributed by atoms with Crippen LogP contribution >= 0.6 is 23.6 Å². The fraction of sp³-hybridized carbons (Fsp3) is 0.100. The number of halogens is 3. The predicted octanol–water partition coefficient (Wildman–Crippen LogP) is 4.49. The highest BCUT2D eigenvalue weighted by Crippen LogP contribution is 2.31. The van der Waals surface area contributed by atoms with Crippen LogP contribution in [0.25, 0.3) is 11.3 Å². The molecule has 1 nitrogen and oxygen atoms in total. The van der Waals surface area contributed by atoms with Crippen molar-refractivity contribution in [2.45, 2.75) is 6.18 Å². The van der Waals surface area contributed by atoms with E-state index in [1.807, 2.05) is 0 Å². The molecule has 0 aliphatic rings. The quantitative estimate of drug-likeness (QED) is 0.748. The summed E-state index contributed by atoms with van der Waals surface area (Å²) in [7, 11) is 0. The van der Waals surface area contributed by atoms with Crippen molar-refractivity contribution in [3.05, 3.63) is 39.2 Å². The molecule has 0 aliphatic carbocycles. The number of H-pyrrole nitrogens is 1. The molecule has 2 aromatic heterocycles. The molecule has 0 aliphatic heterocycles. The monoisotopic (exact) mass is 261 g/mol. The Bertz CT molecular complexity index is 540. The van der Waals surface area contributed by atoms with Gasteiger partial charge in [-0.3, -0.25) is 0 Å². The molecule has 0 radical (unpaired) electrons. The van der Waals surface area contributed by atoms with E-state index in [2.05, 4.69) is 4.98 Å². The smallest absolute Gasteiger partial charge is 0.346 e. The van der Waals surface area contributed by atoms with Crippen LogP contribution in [0.3, 0.4) is 0 Å². The third-order valence-electron chi connectivity index (χ3n) is 2.00. The number of pyridine rings is 1. The van der Waals surface area contributed by atoms with Gasteiger partial charge in [-0.05, 0) is 23.6 Å². The summed E-state index contributed by atoms with van der Waals surface area (Å²) in [5.41, 5.74) is 0.376. The Balaban J connectivity index is 2.57. The van der Waals surface area contributed by atoms with E-state index < -0.39 is 11.7 Å². The van der Waals surface area contributed by atoms with E-state index in [1.54, 1.807) is 16.8 Å². The van der Waals surface area contributed by atoms with E-state index in [0.29, 0.717) is 11.3 Å². The number of aromatic nitrogens is 1. The lowest BCUT2D eigenvalue weighted by Gasteiger charge is -2.08. The standard InChI is InChI=1S/C10H6F3NS2/c11-10(12,13)7-3-8(14-9(15)4-7)6-1-2-16-5-6/h1-5H,(H,14,15). The van der Waals surface area contributed by atoms with Crippen LogP contribution in [0.15, 0.2) is 29.0 Å². The maximum atomic E-state index is 12.5. The van der Waals surface area contributed by atoms with Gasteiger partial charge in [-0.2, -0.15) is 24.5 Å². The minimum atomic E-state index is -4.37. The number of nitrogens with one attached hydrogen (secondary N) is 1. The molecule has 0 atom stereocenters. The van der Waals surface area contributed by atoms with Crippen molar-refractivity contribution in [1.29, 1.82) is 0 Å². The first kappa shape index (κ1) is 11.3. The molecular formula is C10H6F3NS2. The largest absolute Gasteiger partial charge is 0.416 e. The first-order chi connectivity index (χ1) is 7.47. The lowest BCUT2D eigenvalue weighted by molar-refractivity contribution is -0.137. The van der Waals surface area contributed by atoms with Gasteiger partial charge < -0.3 is 4.98 Å². The Hall–Kier alpha value is -1.14. The SMILES string of the molecule is FC(F)(F)c1cc(-c2ccsc2)[nH]c(=S)c1. The Kier molecular flexibility index (Phi) is 2.86. The van der Waals surface area contributed by atoms with Crippen LogP contribution in [-0.2, 0) is 6.18 Å². The number of thiophene rings is 1. The second-order valence-corrected chi connectivity index (χ2v) is 4.38. The van der Waals surface area contributed by atoms with Gasteiger partial charge in [-0.1, -0.05) is 12.2 Å². The zero-order valence-corrected chi connectivity index (χ0v) is 9.47. The van der Waals surface area contributed by atoms with Crippen molar-refractivity contribution in [1.82, 2.24) is 4.98 Å². The van der Waals surface area contributed by atoms with Crippen molar-refractivity contribution < 1.29 is 13.2 Å². The highest BCUT2D eigenvalue weighted by atomic mass is 32.1. The Morgan fingerprint density at radius 3 is 2.56 bits per heavy atom. The zero-order valence-electron chi connectivity index (χ0n) is 7.84. The van der Waals surface area contributed by atoms with Gasteiger partial charge in [0.2, 0.25) is 0 Å². The van der Waals surface area contributed by atoms with Crippen LogP contribution in [0.1, 0.15) is 5.56 Å². The Morgan fingerprint density at radius 1 is 1.25 bits per heavy atom. The summed E-state index contributed by atoms with van der Waals surface area (Å²) >= 11 is 6.20. The van der Waals surface area contributed by atoms with Crippen LogP contribution in [0.4, 0.5) is 13.2 Å². The van der Waals surface area contributed by atoms with Crippen LogP contribution < -0.4 is 0 Å². The molecule has 0 bridgehead atoms. The summed E-state index contributed by atoms with van der Waals surface area (Å²) in [6, 6.07) is 3.73. The molecule has 0 amide bonds. The fourth-order valence-corrected chi connectivity index (χ4v) is 2.17. The number of aromatic amines is 1. The third kappa shape index (κ3) is 2.33. The zero-order chi connectivity index (χ0) is 11.8. The summed E-state index contributed by atoms with van der Waals surface area (Å²) in [5.74, 6) is 0. The van der Waals surface area contributed by atoms with E-state index in [-0.39, 0.29) is 4.64 Å². The lowest BCUT2D eigenvalue weighted by atomic mass is 10.1. The highest BCUT2D eigenvalue weighted by molar-refractivity contribution is 7.71. The third-order valence-corrected chi connectivity index (χ3v) is 2.91. The molecule has 2 aromatic rings. The second-order valence-electron chi connectivity index (χ2n) is 3.16. The van der Waals surface area contributed by atoms with E-state index >= 15 is 0 Å². The molecule has 2 heterocycles. The molecule has 84 valence electrons. The van der Waals surface area contributed by atoms with E-state index in [1.165, 1.54) is 11.3 Å². The highest BCUT2D eigenvalue weighted by Gasteiger charge is 2.31. The molecule has 0 spiro atoms. The van der Waals surface area contributed by atoms with Gasteiger partial charge in [0.1, 0.15) is 4.64 Å². The maximum Gasteiger partial charge on any atom is 0.416 e. The van der Waals surface area contributed by atoms with Gasteiger partial charge in [0.25, 0.3) is 0 Å². The van der Waals surface area contributed by atoms with Crippen LogP contribution in [0.2, 0.25) is 0 Å². The average molecular weight is 261 g/mol. The van der Waals surface area contributed by atoms with E-state index in [4.69, 9.17) is 12.2 Å².